The third-order valence-electron chi connectivity index (χ3n) is 2.62. The fraction of sp³-hybridized carbons (Fsp3) is 0.0714. The van der Waals surface area contributed by atoms with Crippen molar-refractivity contribution in [3.05, 3.63) is 52.5 Å². The van der Waals surface area contributed by atoms with Crippen LogP contribution in [0.3, 0.4) is 0 Å². The summed E-state index contributed by atoms with van der Waals surface area (Å²) in [6, 6.07) is 13.1. The lowest BCUT2D eigenvalue weighted by molar-refractivity contribution is 0.318. The van der Waals surface area contributed by atoms with Gasteiger partial charge in [0.05, 0.1) is 4.47 Å². The number of hydrogen-bond acceptors (Lipinski definition) is 4. The molecule has 3 N–H and O–H groups in total. The Morgan fingerprint density at radius 2 is 1.95 bits per heavy atom. The second-order valence-corrected chi connectivity index (χ2v) is 5.64. The Bertz CT molecular complexity index is 630. The molecule has 6 heteroatoms. The molecule has 2 aromatic carbocycles. The predicted octanol–water partition coefficient (Wildman–Crippen LogP) is 4.06. The third kappa shape index (κ3) is 3.46. The van der Waals surface area contributed by atoms with Crippen LogP contribution in [0, 0.1) is 0 Å². The molecule has 0 aromatic heterocycles. The zero-order chi connectivity index (χ0) is 14.5. The van der Waals surface area contributed by atoms with Crippen LogP contribution in [0.15, 0.2) is 57.0 Å². The highest BCUT2D eigenvalue weighted by atomic mass is 79.9. The van der Waals surface area contributed by atoms with E-state index in [-0.39, 0.29) is 5.84 Å². The molecule has 20 heavy (non-hydrogen) atoms. The number of thioether (sulfide) groups is 1. The lowest BCUT2D eigenvalue weighted by Gasteiger charge is -2.09. The van der Waals surface area contributed by atoms with Gasteiger partial charge < -0.3 is 15.7 Å². The lowest BCUT2D eigenvalue weighted by atomic mass is 10.2. The van der Waals surface area contributed by atoms with Crippen LogP contribution in [0.25, 0.3) is 0 Å². The molecule has 0 amide bonds. The number of nitrogens with two attached hydrogens (primary N) is 1. The van der Waals surface area contributed by atoms with E-state index in [0.717, 1.165) is 10.2 Å². The minimum absolute atomic E-state index is 0.0570. The molecule has 0 radical (unpaired) electrons. The number of halogens is 1. The van der Waals surface area contributed by atoms with Crippen molar-refractivity contribution < 1.29 is 9.94 Å². The maximum absolute atomic E-state index is 8.65. The summed E-state index contributed by atoms with van der Waals surface area (Å²) in [6.45, 7) is 0. The van der Waals surface area contributed by atoms with Gasteiger partial charge in [-0.05, 0) is 64.7 Å². The summed E-state index contributed by atoms with van der Waals surface area (Å²) in [6.07, 6.45) is 2.03. The molecule has 0 saturated carbocycles. The first-order valence-corrected chi connectivity index (χ1v) is 7.75. The van der Waals surface area contributed by atoms with Gasteiger partial charge in [0.1, 0.15) is 11.5 Å². The second kappa shape index (κ2) is 6.67. The molecule has 0 heterocycles. The molecule has 0 aliphatic rings. The molecule has 2 aromatic rings. The van der Waals surface area contributed by atoms with E-state index in [9.17, 15) is 0 Å². The summed E-state index contributed by atoms with van der Waals surface area (Å²) in [5, 5.41) is 11.6. The smallest absolute Gasteiger partial charge is 0.170 e. The van der Waals surface area contributed by atoms with E-state index < -0.39 is 0 Å². The van der Waals surface area contributed by atoms with Crippen molar-refractivity contribution in [3.8, 4) is 11.5 Å². The van der Waals surface area contributed by atoms with Gasteiger partial charge >= 0.3 is 0 Å². The summed E-state index contributed by atoms with van der Waals surface area (Å²) in [5.41, 5.74) is 6.15. The van der Waals surface area contributed by atoms with E-state index in [1.807, 2.05) is 30.5 Å². The van der Waals surface area contributed by atoms with Crippen molar-refractivity contribution in [2.45, 2.75) is 4.90 Å². The lowest BCUT2D eigenvalue weighted by Crippen LogP contribution is -2.12. The quantitative estimate of drug-likeness (QED) is 0.286. The van der Waals surface area contributed by atoms with E-state index >= 15 is 0 Å². The summed E-state index contributed by atoms with van der Waals surface area (Å²) >= 11 is 5.09. The van der Waals surface area contributed by atoms with Crippen LogP contribution in [0.1, 0.15) is 5.56 Å². The van der Waals surface area contributed by atoms with Crippen molar-refractivity contribution in [1.82, 2.24) is 0 Å². The maximum atomic E-state index is 8.65. The standard InChI is InChI=1S/C14H13BrN2O2S/c1-20-11-5-3-10(4-6-11)19-13-7-2-9(8-12(13)15)14(16)17-18/h2-8,18H,1H3,(H2,16,17). The number of nitrogens with zero attached hydrogens (tertiary/aromatic N) is 1. The molecule has 2 rings (SSSR count). The molecule has 0 saturated heterocycles. The normalized spacial score (nSPS) is 11.4. The highest BCUT2D eigenvalue weighted by Gasteiger charge is 2.07. The summed E-state index contributed by atoms with van der Waals surface area (Å²) < 4.78 is 6.51. The van der Waals surface area contributed by atoms with Crippen molar-refractivity contribution >= 4 is 33.5 Å². The monoisotopic (exact) mass is 352 g/mol. The van der Waals surface area contributed by atoms with Gasteiger partial charge in [0.2, 0.25) is 0 Å². The molecule has 0 spiro atoms. The number of amidine groups is 1. The van der Waals surface area contributed by atoms with E-state index in [4.69, 9.17) is 15.7 Å². The van der Waals surface area contributed by atoms with Crippen LogP contribution in [0.5, 0.6) is 11.5 Å². The predicted molar refractivity (Wildman–Crippen MR) is 84.9 cm³/mol. The van der Waals surface area contributed by atoms with Crippen LogP contribution in [-0.4, -0.2) is 17.3 Å². The summed E-state index contributed by atoms with van der Waals surface area (Å²) in [7, 11) is 0. The van der Waals surface area contributed by atoms with E-state index in [0.29, 0.717) is 11.3 Å². The number of rotatable bonds is 4. The first-order valence-electron chi connectivity index (χ1n) is 5.73. The third-order valence-corrected chi connectivity index (χ3v) is 3.99. The van der Waals surface area contributed by atoms with Gasteiger partial charge in [-0.3, -0.25) is 0 Å². The van der Waals surface area contributed by atoms with Crippen molar-refractivity contribution in [1.29, 1.82) is 0 Å². The Hall–Kier alpha value is -1.66. The molecular weight excluding hydrogens is 340 g/mol. The van der Waals surface area contributed by atoms with Crippen LogP contribution < -0.4 is 10.5 Å². The van der Waals surface area contributed by atoms with Crippen molar-refractivity contribution in [2.75, 3.05) is 6.26 Å². The average Bonchev–Trinajstić information content (AvgIpc) is 2.49. The van der Waals surface area contributed by atoms with Gasteiger partial charge in [0, 0.05) is 10.5 Å². The summed E-state index contributed by atoms with van der Waals surface area (Å²) in [4.78, 5) is 1.18. The van der Waals surface area contributed by atoms with Crippen LogP contribution in [0.4, 0.5) is 0 Å². The molecule has 4 nitrogen and oxygen atoms in total. The Kier molecular flexibility index (Phi) is 4.92. The van der Waals surface area contributed by atoms with Gasteiger partial charge in [0.15, 0.2) is 5.84 Å². The summed E-state index contributed by atoms with van der Waals surface area (Å²) in [5.74, 6) is 1.47. The average molecular weight is 353 g/mol. The van der Waals surface area contributed by atoms with Gasteiger partial charge in [-0.15, -0.1) is 11.8 Å². The Morgan fingerprint density at radius 1 is 1.25 bits per heavy atom. The fourth-order valence-corrected chi connectivity index (χ4v) is 2.44. The molecule has 0 fully saturated rings. The zero-order valence-corrected chi connectivity index (χ0v) is 13.1. The Morgan fingerprint density at radius 3 is 2.50 bits per heavy atom. The second-order valence-electron chi connectivity index (χ2n) is 3.91. The number of ether oxygens (including phenoxy) is 1. The van der Waals surface area contributed by atoms with Gasteiger partial charge in [-0.25, -0.2) is 0 Å². The molecule has 0 unspecified atom stereocenters. The minimum Gasteiger partial charge on any atom is -0.456 e. The van der Waals surface area contributed by atoms with Crippen LogP contribution in [-0.2, 0) is 0 Å². The van der Waals surface area contributed by atoms with Crippen LogP contribution in [0.2, 0.25) is 0 Å². The zero-order valence-electron chi connectivity index (χ0n) is 10.7. The van der Waals surface area contributed by atoms with Gasteiger partial charge in [-0.1, -0.05) is 5.16 Å². The highest BCUT2D eigenvalue weighted by Crippen LogP contribution is 2.31. The van der Waals surface area contributed by atoms with E-state index in [1.54, 1.807) is 30.0 Å². The van der Waals surface area contributed by atoms with Crippen LogP contribution >= 0.6 is 27.7 Å². The molecule has 0 aliphatic carbocycles. The number of hydrogen-bond donors (Lipinski definition) is 2. The number of benzene rings is 2. The largest absolute Gasteiger partial charge is 0.456 e. The fourth-order valence-electron chi connectivity index (χ4n) is 1.57. The Balaban J connectivity index is 2.20. The van der Waals surface area contributed by atoms with Gasteiger partial charge in [-0.2, -0.15) is 0 Å². The van der Waals surface area contributed by atoms with Crippen molar-refractivity contribution in [2.24, 2.45) is 10.9 Å². The minimum atomic E-state index is 0.0570. The van der Waals surface area contributed by atoms with Gasteiger partial charge in [0.25, 0.3) is 0 Å². The topological polar surface area (TPSA) is 67.8 Å². The molecular formula is C14H13BrN2O2S. The molecule has 0 atom stereocenters. The molecule has 104 valence electrons. The highest BCUT2D eigenvalue weighted by molar-refractivity contribution is 9.10. The number of oxime groups is 1. The molecule has 0 aliphatic heterocycles. The van der Waals surface area contributed by atoms with E-state index in [2.05, 4.69) is 21.1 Å². The Labute approximate surface area is 129 Å². The maximum Gasteiger partial charge on any atom is 0.170 e. The molecule has 0 bridgehead atoms. The van der Waals surface area contributed by atoms with Crippen molar-refractivity contribution in [3.63, 3.8) is 0 Å². The van der Waals surface area contributed by atoms with E-state index in [1.165, 1.54) is 4.90 Å². The first kappa shape index (κ1) is 14.7. The SMILES string of the molecule is CSc1ccc(Oc2ccc(/C(N)=N/O)cc2Br)cc1. The first-order chi connectivity index (χ1) is 9.63.